The lowest BCUT2D eigenvalue weighted by atomic mass is 9.98. The van der Waals surface area contributed by atoms with Gasteiger partial charge in [-0.05, 0) is 70.7 Å². The van der Waals surface area contributed by atoms with Gasteiger partial charge in [-0.15, -0.1) is 11.3 Å². The monoisotopic (exact) mass is 392 g/mol. The third-order valence-electron chi connectivity index (χ3n) is 4.17. The number of hydrogen-bond donors (Lipinski definition) is 1. The van der Waals surface area contributed by atoms with Crippen molar-refractivity contribution in [3.63, 3.8) is 0 Å². The van der Waals surface area contributed by atoms with Crippen molar-refractivity contribution in [3.8, 4) is 0 Å². The highest BCUT2D eigenvalue weighted by Gasteiger charge is 2.35. The molecule has 0 saturated carbocycles. The Morgan fingerprint density at radius 2 is 2.00 bits per heavy atom. The Balaban J connectivity index is 1.62. The molecule has 18 heavy (non-hydrogen) atoms. The molecule has 1 N–H and O–H groups in total. The minimum atomic E-state index is 0.753. The molecule has 3 heterocycles. The molecule has 2 unspecified atom stereocenters. The number of thiophene rings is 1. The molecule has 0 aliphatic carbocycles. The Labute approximate surface area is 129 Å². The van der Waals surface area contributed by atoms with Crippen molar-refractivity contribution in [3.05, 3.63) is 19.2 Å². The van der Waals surface area contributed by atoms with E-state index < -0.39 is 0 Å². The standard InChI is InChI=1S/C13H18Br2N2S/c1-17(7-11-6-12(14)13(15)18-11)10-4-8-2-3-9(5-10)16-8/h6,8-10,16H,2-5,7H2,1H3. The van der Waals surface area contributed by atoms with Gasteiger partial charge < -0.3 is 5.32 Å². The summed E-state index contributed by atoms with van der Waals surface area (Å²) in [6, 6.07) is 4.54. The van der Waals surface area contributed by atoms with Gasteiger partial charge in [-0.3, -0.25) is 4.90 Å². The van der Waals surface area contributed by atoms with Crippen molar-refractivity contribution in [1.29, 1.82) is 0 Å². The normalized spacial score (nSPS) is 31.2. The van der Waals surface area contributed by atoms with E-state index in [1.165, 1.54) is 38.8 Å². The fourth-order valence-electron chi connectivity index (χ4n) is 3.23. The lowest BCUT2D eigenvalue weighted by Crippen LogP contribution is -2.46. The minimum absolute atomic E-state index is 0.753. The van der Waals surface area contributed by atoms with Crippen LogP contribution in [0, 0.1) is 0 Å². The highest BCUT2D eigenvalue weighted by atomic mass is 79.9. The van der Waals surface area contributed by atoms with Gasteiger partial charge >= 0.3 is 0 Å². The van der Waals surface area contributed by atoms with Crippen molar-refractivity contribution in [2.75, 3.05) is 7.05 Å². The van der Waals surface area contributed by atoms with Gasteiger partial charge in [-0.25, -0.2) is 0 Å². The van der Waals surface area contributed by atoms with Crippen LogP contribution in [0.5, 0.6) is 0 Å². The molecule has 5 heteroatoms. The highest BCUT2D eigenvalue weighted by Crippen LogP contribution is 2.34. The van der Waals surface area contributed by atoms with Gasteiger partial charge in [0.15, 0.2) is 0 Å². The predicted molar refractivity (Wildman–Crippen MR) is 84.2 cm³/mol. The summed E-state index contributed by atoms with van der Waals surface area (Å²) >= 11 is 8.98. The summed E-state index contributed by atoms with van der Waals surface area (Å²) < 4.78 is 2.39. The van der Waals surface area contributed by atoms with E-state index in [-0.39, 0.29) is 0 Å². The van der Waals surface area contributed by atoms with E-state index in [4.69, 9.17) is 0 Å². The minimum Gasteiger partial charge on any atom is -0.311 e. The number of nitrogens with one attached hydrogen (secondary N) is 1. The van der Waals surface area contributed by atoms with Gasteiger partial charge in [-0.2, -0.15) is 0 Å². The molecule has 2 bridgehead atoms. The van der Waals surface area contributed by atoms with Crippen LogP contribution in [-0.4, -0.2) is 30.1 Å². The molecular formula is C13H18Br2N2S. The molecule has 0 spiro atoms. The molecule has 100 valence electrons. The molecule has 2 aliphatic heterocycles. The number of nitrogens with zero attached hydrogens (tertiary/aromatic N) is 1. The summed E-state index contributed by atoms with van der Waals surface area (Å²) in [5.74, 6) is 0. The largest absolute Gasteiger partial charge is 0.311 e. The first-order valence-corrected chi connectivity index (χ1v) is 8.92. The third kappa shape index (κ3) is 2.85. The van der Waals surface area contributed by atoms with Crippen LogP contribution < -0.4 is 5.32 Å². The molecule has 0 radical (unpaired) electrons. The summed E-state index contributed by atoms with van der Waals surface area (Å²) in [5, 5.41) is 3.71. The van der Waals surface area contributed by atoms with Crippen LogP contribution in [0.4, 0.5) is 0 Å². The molecular weight excluding hydrogens is 376 g/mol. The summed E-state index contributed by atoms with van der Waals surface area (Å²) in [7, 11) is 2.27. The van der Waals surface area contributed by atoms with Crippen molar-refractivity contribution < 1.29 is 0 Å². The molecule has 3 rings (SSSR count). The van der Waals surface area contributed by atoms with Crippen LogP contribution in [0.25, 0.3) is 0 Å². The van der Waals surface area contributed by atoms with Crippen LogP contribution in [0.3, 0.4) is 0 Å². The Kier molecular flexibility index (Phi) is 4.16. The van der Waals surface area contributed by atoms with E-state index in [0.29, 0.717) is 0 Å². The fraction of sp³-hybridized carbons (Fsp3) is 0.692. The van der Waals surface area contributed by atoms with E-state index in [9.17, 15) is 0 Å². The van der Waals surface area contributed by atoms with Crippen LogP contribution in [-0.2, 0) is 6.54 Å². The predicted octanol–water partition coefficient (Wildman–Crippen LogP) is 3.99. The zero-order valence-corrected chi connectivity index (χ0v) is 14.4. The molecule has 1 aromatic heterocycles. The van der Waals surface area contributed by atoms with E-state index in [1.54, 1.807) is 0 Å². The molecule has 1 aromatic rings. The van der Waals surface area contributed by atoms with Crippen LogP contribution in [0.2, 0.25) is 0 Å². The summed E-state index contributed by atoms with van der Waals surface area (Å²) in [6.07, 6.45) is 5.40. The summed E-state index contributed by atoms with van der Waals surface area (Å²) in [4.78, 5) is 3.97. The van der Waals surface area contributed by atoms with E-state index >= 15 is 0 Å². The van der Waals surface area contributed by atoms with Crippen molar-refractivity contribution in [2.45, 2.75) is 50.4 Å². The molecule has 2 nitrogen and oxygen atoms in total. The Morgan fingerprint density at radius 1 is 1.33 bits per heavy atom. The number of rotatable bonds is 3. The van der Waals surface area contributed by atoms with E-state index in [2.05, 4.69) is 55.2 Å². The van der Waals surface area contributed by atoms with Gasteiger partial charge in [0.25, 0.3) is 0 Å². The van der Waals surface area contributed by atoms with Gasteiger partial charge in [0.1, 0.15) is 0 Å². The number of halogens is 2. The SMILES string of the molecule is CN(Cc1cc(Br)c(Br)s1)C1CC2CCC(C1)N2. The van der Waals surface area contributed by atoms with Gasteiger partial charge in [0.05, 0.1) is 3.79 Å². The zero-order chi connectivity index (χ0) is 12.7. The molecule has 0 aromatic carbocycles. The van der Waals surface area contributed by atoms with Crippen molar-refractivity contribution >= 4 is 43.2 Å². The van der Waals surface area contributed by atoms with Crippen LogP contribution in [0.15, 0.2) is 14.3 Å². The molecule has 2 aliphatic rings. The maximum absolute atomic E-state index is 3.71. The van der Waals surface area contributed by atoms with E-state index in [0.717, 1.165) is 24.7 Å². The second kappa shape index (κ2) is 5.52. The summed E-state index contributed by atoms with van der Waals surface area (Å²) in [6.45, 7) is 1.07. The Hall–Kier alpha value is 0.580. The van der Waals surface area contributed by atoms with Crippen LogP contribution in [0.1, 0.15) is 30.6 Å². The first-order valence-electron chi connectivity index (χ1n) is 6.52. The Bertz CT molecular complexity index is 403. The van der Waals surface area contributed by atoms with Crippen molar-refractivity contribution in [2.24, 2.45) is 0 Å². The second-order valence-electron chi connectivity index (χ2n) is 5.51. The third-order valence-corrected chi connectivity index (χ3v) is 7.41. The Morgan fingerprint density at radius 3 is 2.56 bits per heavy atom. The first kappa shape index (κ1) is 13.6. The van der Waals surface area contributed by atoms with Crippen molar-refractivity contribution in [1.82, 2.24) is 10.2 Å². The topological polar surface area (TPSA) is 15.3 Å². The zero-order valence-electron chi connectivity index (χ0n) is 10.5. The molecule has 0 amide bonds. The molecule has 2 saturated heterocycles. The average molecular weight is 394 g/mol. The smallest absolute Gasteiger partial charge is 0.0843 e. The highest BCUT2D eigenvalue weighted by molar-refractivity contribution is 9.13. The lowest BCUT2D eigenvalue weighted by Gasteiger charge is -2.35. The van der Waals surface area contributed by atoms with Gasteiger partial charge in [-0.1, -0.05) is 0 Å². The van der Waals surface area contributed by atoms with Gasteiger partial charge in [0, 0.05) is 34.0 Å². The van der Waals surface area contributed by atoms with Gasteiger partial charge in [0.2, 0.25) is 0 Å². The lowest BCUT2D eigenvalue weighted by molar-refractivity contribution is 0.167. The number of fused-ring (bicyclic) bond motifs is 2. The van der Waals surface area contributed by atoms with E-state index in [1.807, 2.05) is 11.3 Å². The fourth-order valence-corrected chi connectivity index (χ4v) is 5.47. The van der Waals surface area contributed by atoms with Crippen LogP contribution >= 0.6 is 43.2 Å². The number of piperidine rings is 1. The quantitative estimate of drug-likeness (QED) is 0.835. The first-order chi connectivity index (χ1) is 8.61. The average Bonchev–Trinajstić information content (AvgIpc) is 2.82. The maximum Gasteiger partial charge on any atom is 0.0843 e. The maximum atomic E-state index is 3.71. The number of hydrogen-bond acceptors (Lipinski definition) is 3. The molecule has 2 fully saturated rings. The molecule has 2 atom stereocenters. The summed E-state index contributed by atoms with van der Waals surface area (Å²) in [5.41, 5.74) is 0. The second-order valence-corrected chi connectivity index (χ2v) is 8.82.